The third-order valence-electron chi connectivity index (χ3n) is 6.65. The molecule has 2 amide bonds. The number of furan rings is 1. The first-order valence-electron chi connectivity index (χ1n) is 9.73. The monoisotopic (exact) mass is 344 g/mol. The van der Waals surface area contributed by atoms with Gasteiger partial charge in [-0.25, -0.2) is 0 Å². The third-order valence-corrected chi connectivity index (χ3v) is 6.65. The summed E-state index contributed by atoms with van der Waals surface area (Å²) in [6, 6.07) is 1.94. The van der Waals surface area contributed by atoms with E-state index < -0.39 is 0 Å². The van der Waals surface area contributed by atoms with E-state index in [1.54, 1.807) is 11.0 Å². The number of amides is 2. The second-order valence-corrected chi connectivity index (χ2v) is 8.24. The van der Waals surface area contributed by atoms with E-state index in [1.165, 1.54) is 38.2 Å². The van der Waals surface area contributed by atoms with Gasteiger partial charge in [0.15, 0.2) is 0 Å². The summed E-state index contributed by atoms with van der Waals surface area (Å²) in [7, 11) is 0. The molecule has 1 aromatic rings. The van der Waals surface area contributed by atoms with Crippen molar-refractivity contribution in [1.29, 1.82) is 0 Å². The molecular weight excluding hydrogens is 316 g/mol. The smallest absolute Gasteiger partial charge is 0.257 e. The number of carbonyl (C=O) groups excluding carboxylic acids is 2. The van der Waals surface area contributed by atoms with Crippen molar-refractivity contribution < 1.29 is 14.0 Å². The fraction of sp³-hybridized carbons (Fsp3) is 0.700. The van der Waals surface area contributed by atoms with Crippen molar-refractivity contribution in [1.82, 2.24) is 10.2 Å². The normalized spacial score (nSPS) is 32.6. The number of hydrogen-bond acceptors (Lipinski definition) is 3. The van der Waals surface area contributed by atoms with E-state index in [2.05, 4.69) is 12.2 Å². The van der Waals surface area contributed by atoms with Crippen LogP contribution in [0.4, 0.5) is 0 Å². The number of nitrogens with one attached hydrogen (secondary N) is 1. The molecule has 3 fully saturated rings. The fourth-order valence-electron chi connectivity index (χ4n) is 5.30. The van der Waals surface area contributed by atoms with Crippen LogP contribution in [-0.2, 0) is 4.79 Å². The topological polar surface area (TPSA) is 62.6 Å². The molecule has 0 unspecified atom stereocenters. The average molecular weight is 344 g/mol. The second-order valence-electron chi connectivity index (χ2n) is 8.24. The van der Waals surface area contributed by atoms with Gasteiger partial charge in [0.05, 0.1) is 17.7 Å². The Balaban J connectivity index is 1.33. The van der Waals surface area contributed by atoms with Crippen molar-refractivity contribution in [2.45, 2.75) is 51.5 Å². The van der Waals surface area contributed by atoms with Gasteiger partial charge in [-0.1, -0.05) is 6.42 Å². The molecule has 2 aliphatic carbocycles. The first kappa shape index (κ1) is 16.7. The minimum atomic E-state index is -0.0920. The zero-order chi connectivity index (χ0) is 17.4. The highest BCUT2D eigenvalue weighted by molar-refractivity contribution is 5.94. The van der Waals surface area contributed by atoms with E-state index in [1.807, 2.05) is 0 Å². The van der Waals surface area contributed by atoms with Crippen LogP contribution in [0.2, 0.25) is 0 Å². The molecule has 1 N–H and O–H groups in total. The highest BCUT2D eigenvalue weighted by Gasteiger charge is 2.42. The lowest BCUT2D eigenvalue weighted by Gasteiger charge is -2.34. The van der Waals surface area contributed by atoms with Gasteiger partial charge in [0.2, 0.25) is 5.91 Å². The summed E-state index contributed by atoms with van der Waals surface area (Å²) in [5.74, 6) is 2.35. The van der Waals surface area contributed by atoms with Gasteiger partial charge in [0.25, 0.3) is 5.91 Å². The summed E-state index contributed by atoms with van der Waals surface area (Å²) in [6.45, 7) is 3.40. The van der Waals surface area contributed by atoms with Crippen LogP contribution >= 0.6 is 0 Å². The lowest BCUT2D eigenvalue weighted by Crippen LogP contribution is -2.48. The predicted molar refractivity (Wildman–Crippen MR) is 93.9 cm³/mol. The summed E-state index contributed by atoms with van der Waals surface area (Å²) >= 11 is 0. The molecule has 2 bridgehead atoms. The molecule has 1 aromatic heterocycles. The van der Waals surface area contributed by atoms with Gasteiger partial charge in [-0.05, 0) is 62.8 Å². The highest BCUT2D eigenvalue weighted by Crippen LogP contribution is 2.49. The second kappa shape index (κ2) is 6.85. The molecule has 136 valence electrons. The van der Waals surface area contributed by atoms with Crippen molar-refractivity contribution in [2.24, 2.45) is 23.7 Å². The Bertz CT molecular complexity index is 627. The lowest BCUT2D eigenvalue weighted by atomic mass is 9.83. The van der Waals surface area contributed by atoms with Crippen molar-refractivity contribution >= 4 is 11.8 Å². The molecule has 2 heterocycles. The van der Waals surface area contributed by atoms with Gasteiger partial charge in [0.1, 0.15) is 6.26 Å². The van der Waals surface area contributed by atoms with Crippen molar-refractivity contribution in [3.8, 4) is 0 Å². The number of likely N-dealkylation sites (tertiary alicyclic amines) is 1. The van der Waals surface area contributed by atoms with Crippen LogP contribution in [0.15, 0.2) is 23.0 Å². The largest absolute Gasteiger partial charge is 0.472 e. The Morgan fingerprint density at radius 2 is 2.16 bits per heavy atom. The highest BCUT2D eigenvalue weighted by atomic mass is 16.3. The van der Waals surface area contributed by atoms with Crippen LogP contribution in [-0.4, -0.2) is 35.8 Å². The van der Waals surface area contributed by atoms with Gasteiger partial charge >= 0.3 is 0 Å². The van der Waals surface area contributed by atoms with Crippen LogP contribution < -0.4 is 5.32 Å². The molecule has 5 heteroatoms. The van der Waals surface area contributed by atoms with E-state index >= 15 is 0 Å². The molecule has 0 radical (unpaired) electrons. The van der Waals surface area contributed by atoms with Crippen LogP contribution in [0.3, 0.4) is 0 Å². The summed E-state index contributed by atoms with van der Waals surface area (Å²) in [5.41, 5.74) is 0.566. The minimum Gasteiger partial charge on any atom is -0.472 e. The number of piperidine rings is 1. The van der Waals surface area contributed by atoms with E-state index in [9.17, 15) is 9.59 Å². The molecule has 0 aromatic carbocycles. The summed E-state index contributed by atoms with van der Waals surface area (Å²) in [6.07, 6.45) is 10.1. The fourth-order valence-corrected chi connectivity index (χ4v) is 5.30. The quantitative estimate of drug-likeness (QED) is 0.913. The van der Waals surface area contributed by atoms with Gasteiger partial charge in [-0.3, -0.25) is 9.59 Å². The Morgan fingerprint density at radius 3 is 2.84 bits per heavy atom. The first-order valence-corrected chi connectivity index (χ1v) is 9.73. The molecule has 1 aliphatic heterocycles. The maximum atomic E-state index is 12.8. The number of carbonyl (C=O) groups is 2. The number of hydrogen-bond donors (Lipinski definition) is 1. The van der Waals surface area contributed by atoms with Gasteiger partial charge in [0, 0.05) is 19.1 Å². The number of rotatable bonds is 4. The molecule has 0 spiro atoms. The van der Waals surface area contributed by atoms with Gasteiger partial charge in [-0.15, -0.1) is 0 Å². The SMILES string of the molecule is C[C@H](NC(=O)[C@H]1CCCN(C(=O)c2ccoc2)C1)[C@@H]1C[C@H]2CC[C@H]1C2. The Labute approximate surface area is 149 Å². The maximum Gasteiger partial charge on any atom is 0.257 e. The van der Waals surface area contributed by atoms with Gasteiger partial charge < -0.3 is 14.6 Å². The lowest BCUT2D eigenvalue weighted by molar-refractivity contribution is -0.127. The number of nitrogens with zero attached hydrogens (tertiary/aromatic N) is 1. The minimum absolute atomic E-state index is 0.0348. The zero-order valence-electron chi connectivity index (χ0n) is 14.9. The van der Waals surface area contributed by atoms with Gasteiger partial charge in [-0.2, -0.15) is 0 Å². The summed E-state index contributed by atoms with van der Waals surface area (Å²) in [5, 5.41) is 3.28. The molecular formula is C20H28N2O3. The van der Waals surface area contributed by atoms with Crippen LogP contribution in [0.1, 0.15) is 55.8 Å². The first-order chi connectivity index (χ1) is 12.1. The van der Waals surface area contributed by atoms with Crippen molar-refractivity contribution in [2.75, 3.05) is 13.1 Å². The number of fused-ring (bicyclic) bond motifs is 2. The third kappa shape index (κ3) is 3.33. The van der Waals surface area contributed by atoms with E-state index in [4.69, 9.17) is 4.42 Å². The van der Waals surface area contributed by atoms with E-state index in [0.717, 1.165) is 31.2 Å². The maximum absolute atomic E-state index is 12.8. The summed E-state index contributed by atoms with van der Waals surface area (Å²) in [4.78, 5) is 27.0. The van der Waals surface area contributed by atoms with Crippen molar-refractivity contribution in [3.05, 3.63) is 24.2 Å². The molecule has 5 nitrogen and oxygen atoms in total. The molecule has 5 atom stereocenters. The Morgan fingerprint density at radius 1 is 1.28 bits per heavy atom. The van der Waals surface area contributed by atoms with Crippen LogP contribution in [0.5, 0.6) is 0 Å². The van der Waals surface area contributed by atoms with Crippen LogP contribution in [0, 0.1) is 23.7 Å². The van der Waals surface area contributed by atoms with Crippen molar-refractivity contribution in [3.63, 3.8) is 0 Å². The Hall–Kier alpha value is -1.78. The summed E-state index contributed by atoms with van der Waals surface area (Å²) < 4.78 is 5.01. The average Bonchev–Trinajstić information content (AvgIpc) is 3.38. The molecule has 4 rings (SSSR count). The standard InChI is InChI=1S/C20H28N2O3/c1-13(18-10-14-4-5-15(18)9-14)21-19(23)16-3-2-7-22(11-16)20(24)17-6-8-25-12-17/h6,8,12-16,18H,2-5,7,9-11H2,1H3,(H,21,23)/t13-,14-,15-,16-,18-/m0/s1. The van der Waals surface area contributed by atoms with E-state index in [-0.39, 0.29) is 23.8 Å². The van der Waals surface area contributed by atoms with Crippen LogP contribution in [0.25, 0.3) is 0 Å². The molecule has 3 aliphatic rings. The molecule has 25 heavy (non-hydrogen) atoms. The zero-order valence-corrected chi connectivity index (χ0v) is 14.9. The van der Waals surface area contributed by atoms with E-state index in [0.29, 0.717) is 18.0 Å². The Kier molecular flexibility index (Phi) is 4.57. The molecule has 1 saturated heterocycles. The predicted octanol–water partition coefficient (Wildman–Crippen LogP) is 3.07. The molecule has 2 saturated carbocycles.